The number of aliphatic carboxylic acids is 1. The second-order valence-electron chi connectivity index (χ2n) is 4.43. The second-order valence-corrected chi connectivity index (χ2v) is 6.72. The monoisotopic (exact) mass is 309 g/mol. The number of carboxylic acid groups (broad SMARTS) is 1. The maximum Gasteiger partial charge on any atom is 0.304 e. The standard InChI is InChI=1S/C12H17Cl2NO2S/c1-7(2)15(5-4-11(16)17)8(3)9-6-10(13)18-12(9)14/h6-8H,4-5H2,1-3H3,(H,16,17). The van der Waals surface area contributed by atoms with Crippen LogP contribution in [0.4, 0.5) is 0 Å². The van der Waals surface area contributed by atoms with Gasteiger partial charge in [-0.25, -0.2) is 0 Å². The molecule has 0 aliphatic rings. The zero-order valence-corrected chi connectivity index (χ0v) is 12.9. The Labute approximate surface area is 121 Å². The van der Waals surface area contributed by atoms with E-state index in [9.17, 15) is 4.79 Å². The van der Waals surface area contributed by atoms with Gasteiger partial charge in [-0.05, 0) is 26.8 Å². The summed E-state index contributed by atoms with van der Waals surface area (Å²) in [6.45, 7) is 6.60. The molecular formula is C12H17Cl2NO2S. The molecule has 6 heteroatoms. The van der Waals surface area contributed by atoms with Crippen molar-refractivity contribution in [3.63, 3.8) is 0 Å². The molecule has 1 N–H and O–H groups in total. The second kappa shape index (κ2) is 6.75. The maximum absolute atomic E-state index is 10.7. The van der Waals surface area contributed by atoms with E-state index in [4.69, 9.17) is 28.3 Å². The van der Waals surface area contributed by atoms with Crippen LogP contribution in [0.5, 0.6) is 0 Å². The first-order chi connectivity index (χ1) is 8.32. The van der Waals surface area contributed by atoms with Gasteiger partial charge in [-0.3, -0.25) is 9.69 Å². The average Bonchev–Trinajstić information content (AvgIpc) is 2.56. The first-order valence-electron chi connectivity index (χ1n) is 5.75. The van der Waals surface area contributed by atoms with E-state index < -0.39 is 5.97 Å². The van der Waals surface area contributed by atoms with Crippen molar-refractivity contribution in [1.82, 2.24) is 4.90 Å². The summed E-state index contributed by atoms with van der Waals surface area (Å²) >= 11 is 13.4. The Kier molecular flexibility index (Phi) is 5.92. The number of hydrogen-bond acceptors (Lipinski definition) is 3. The van der Waals surface area contributed by atoms with Gasteiger partial charge in [0, 0.05) is 24.2 Å². The quantitative estimate of drug-likeness (QED) is 0.851. The van der Waals surface area contributed by atoms with E-state index in [2.05, 4.69) is 4.90 Å². The zero-order chi connectivity index (χ0) is 13.9. The molecule has 0 saturated heterocycles. The molecule has 18 heavy (non-hydrogen) atoms. The number of thiophene rings is 1. The number of hydrogen-bond donors (Lipinski definition) is 1. The molecule has 102 valence electrons. The fraction of sp³-hybridized carbons (Fsp3) is 0.583. The van der Waals surface area contributed by atoms with Crippen molar-refractivity contribution < 1.29 is 9.90 Å². The minimum atomic E-state index is -0.790. The van der Waals surface area contributed by atoms with Crippen molar-refractivity contribution in [1.29, 1.82) is 0 Å². The van der Waals surface area contributed by atoms with Gasteiger partial charge in [0.1, 0.15) is 0 Å². The highest BCUT2D eigenvalue weighted by Gasteiger charge is 2.22. The SMILES string of the molecule is CC(C)N(CCC(=O)O)C(C)c1cc(Cl)sc1Cl. The van der Waals surface area contributed by atoms with Gasteiger partial charge in [-0.15, -0.1) is 11.3 Å². The highest BCUT2D eigenvalue weighted by Crippen LogP contribution is 2.37. The molecule has 0 aromatic carbocycles. The number of carboxylic acids is 1. The minimum absolute atomic E-state index is 0.0561. The fourth-order valence-electron chi connectivity index (χ4n) is 1.94. The smallest absolute Gasteiger partial charge is 0.304 e. The third kappa shape index (κ3) is 4.12. The molecule has 0 radical (unpaired) electrons. The molecule has 1 aromatic rings. The third-order valence-electron chi connectivity index (χ3n) is 2.88. The molecule has 0 aliphatic heterocycles. The number of carbonyl (C=O) groups is 1. The highest BCUT2D eigenvalue weighted by atomic mass is 35.5. The Morgan fingerprint density at radius 1 is 1.44 bits per heavy atom. The lowest BCUT2D eigenvalue weighted by atomic mass is 10.1. The van der Waals surface area contributed by atoms with E-state index in [1.54, 1.807) is 0 Å². The van der Waals surface area contributed by atoms with E-state index in [0.717, 1.165) is 5.56 Å². The topological polar surface area (TPSA) is 40.5 Å². The van der Waals surface area contributed by atoms with E-state index in [-0.39, 0.29) is 18.5 Å². The normalized spacial score (nSPS) is 13.3. The molecule has 3 nitrogen and oxygen atoms in total. The summed E-state index contributed by atoms with van der Waals surface area (Å²) in [5.41, 5.74) is 0.964. The van der Waals surface area contributed by atoms with Crippen molar-refractivity contribution in [3.8, 4) is 0 Å². The van der Waals surface area contributed by atoms with Gasteiger partial charge in [0.2, 0.25) is 0 Å². The molecule has 1 heterocycles. The summed E-state index contributed by atoms with van der Waals surface area (Å²) in [6.07, 6.45) is 0.123. The van der Waals surface area contributed by atoms with Crippen LogP contribution < -0.4 is 0 Å². The molecule has 0 amide bonds. The van der Waals surface area contributed by atoms with Crippen molar-refractivity contribution >= 4 is 40.5 Å². The molecule has 0 saturated carbocycles. The highest BCUT2D eigenvalue weighted by molar-refractivity contribution is 7.20. The van der Waals surface area contributed by atoms with E-state index >= 15 is 0 Å². The molecular weight excluding hydrogens is 293 g/mol. The lowest BCUT2D eigenvalue weighted by Crippen LogP contribution is -2.35. The summed E-state index contributed by atoms with van der Waals surface area (Å²) in [5.74, 6) is -0.790. The van der Waals surface area contributed by atoms with Gasteiger partial charge < -0.3 is 5.11 Å². The average molecular weight is 310 g/mol. The van der Waals surface area contributed by atoms with Crippen molar-refractivity contribution in [2.75, 3.05) is 6.54 Å². The summed E-state index contributed by atoms with van der Waals surface area (Å²) in [7, 11) is 0. The number of rotatable bonds is 6. The van der Waals surface area contributed by atoms with Gasteiger partial charge >= 0.3 is 5.97 Å². The van der Waals surface area contributed by atoms with Crippen LogP contribution in [0.3, 0.4) is 0 Å². The molecule has 0 spiro atoms. The summed E-state index contributed by atoms with van der Waals surface area (Å²) < 4.78 is 1.33. The largest absolute Gasteiger partial charge is 0.481 e. The molecule has 1 rings (SSSR count). The van der Waals surface area contributed by atoms with Gasteiger partial charge in [-0.2, -0.15) is 0 Å². The molecule has 1 unspecified atom stereocenters. The van der Waals surface area contributed by atoms with Crippen LogP contribution in [0.2, 0.25) is 8.67 Å². The Morgan fingerprint density at radius 3 is 2.44 bits per heavy atom. The van der Waals surface area contributed by atoms with Crippen LogP contribution >= 0.6 is 34.5 Å². The van der Waals surface area contributed by atoms with Crippen molar-refractivity contribution in [3.05, 3.63) is 20.3 Å². The van der Waals surface area contributed by atoms with Gasteiger partial charge in [0.05, 0.1) is 15.1 Å². The number of halogens is 2. The minimum Gasteiger partial charge on any atom is -0.481 e. The van der Waals surface area contributed by atoms with Crippen LogP contribution in [-0.2, 0) is 4.79 Å². The molecule has 0 bridgehead atoms. The van der Waals surface area contributed by atoms with Gasteiger partial charge in [-0.1, -0.05) is 23.2 Å². The third-order valence-corrected chi connectivity index (χ3v) is 4.40. The van der Waals surface area contributed by atoms with Crippen LogP contribution in [0.25, 0.3) is 0 Å². The molecule has 1 aromatic heterocycles. The Balaban J connectivity index is 2.85. The fourth-order valence-corrected chi connectivity index (χ4v) is 3.57. The summed E-state index contributed by atoms with van der Waals surface area (Å²) in [6, 6.07) is 2.16. The first-order valence-corrected chi connectivity index (χ1v) is 7.32. The van der Waals surface area contributed by atoms with E-state index in [0.29, 0.717) is 15.2 Å². The lowest BCUT2D eigenvalue weighted by Gasteiger charge is -2.32. The predicted octanol–water partition coefficient (Wildman–Crippen LogP) is 4.30. The molecule has 1 atom stereocenters. The first kappa shape index (κ1) is 15.8. The molecule has 0 aliphatic carbocycles. The van der Waals surface area contributed by atoms with E-state index in [1.165, 1.54) is 11.3 Å². The van der Waals surface area contributed by atoms with Crippen molar-refractivity contribution in [2.45, 2.75) is 39.3 Å². The van der Waals surface area contributed by atoms with Crippen LogP contribution in [0.1, 0.15) is 38.8 Å². The van der Waals surface area contributed by atoms with Crippen molar-refractivity contribution in [2.24, 2.45) is 0 Å². The van der Waals surface area contributed by atoms with E-state index in [1.807, 2.05) is 26.8 Å². The van der Waals surface area contributed by atoms with Crippen LogP contribution in [0, 0.1) is 0 Å². The van der Waals surface area contributed by atoms with Gasteiger partial charge in [0.15, 0.2) is 0 Å². The summed E-state index contributed by atoms with van der Waals surface area (Å²) in [5, 5.41) is 8.78. The lowest BCUT2D eigenvalue weighted by molar-refractivity contribution is -0.137. The van der Waals surface area contributed by atoms with Crippen LogP contribution in [-0.4, -0.2) is 28.6 Å². The Morgan fingerprint density at radius 2 is 2.06 bits per heavy atom. The maximum atomic E-state index is 10.7. The Hall–Kier alpha value is -0.290. The zero-order valence-electron chi connectivity index (χ0n) is 10.6. The predicted molar refractivity (Wildman–Crippen MR) is 76.8 cm³/mol. The van der Waals surface area contributed by atoms with Crippen LogP contribution in [0.15, 0.2) is 6.07 Å². The molecule has 0 fully saturated rings. The van der Waals surface area contributed by atoms with Gasteiger partial charge in [0.25, 0.3) is 0 Å². The Bertz CT molecular complexity index is 420. The summed E-state index contributed by atoms with van der Waals surface area (Å²) in [4.78, 5) is 12.8. The number of nitrogens with zero attached hydrogens (tertiary/aromatic N) is 1.